The zero-order chi connectivity index (χ0) is 19.4. The van der Waals surface area contributed by atoms with Crippen LogP contribution in [-0.4, -0.2) is 25.8 Å². The first-order valence-electron chi connectivity index (χ1n) is 8.26. The van der Waals surface area contributed by atoms with Gasteiger partial charge < -0.3 is 15.5 Å². The number of rotatable bonds is 5. The number of hydrogen-bond donors (Lipinski definition) is 3. The van der Waals surface area contributed by atoms with E-state index in [0.29, 0.717) is 27.3 Å². The van der Waals surface area contributed by atoms with E-state index < -0.39 is 0 Å². The number of likely N-dealkylation sites (N-methyl/N-ethyl adjacent to an activating group) is 1. The zero-order valence-electron chi connectivity index (χ0n) is 15.2. The van der Waals surface area contributed by atoms with Crippen LogP contribution in [0.4, 0.5) is 10.1 Å². The Balaban J connectivity index is 2.12. The number of hydrogen-bond acceptors (Lipinski definition) is 1. The Bertz CT molecular complexity index is 768. The molecule has 7 heteroatoms. The van der Waals surface area contributed by atoms with E-state index in [1.807, 2.05) is 40.1 Å². The molecule has 3 nitrogen and oxygen atoms in total. The lowest BCUT2D eigenvalue weighted by atomic mass is 10.1. The number of anilines is 1. The highest BCUT2D eigenvalue weighted by atomic mass is 35.5. The van der Waals surface area contributed by atoms with Crippen molar-refractivity contribution < 1.29 is 9.29 Å². The number of benzene rings is 2. The molecular formula is C19H23Cl2FN3S+. The van der Waals surface area contributed by atoms with Gasteiger partial charge in [0.05, 0.1) is 41.9 Å². The fourth-order valence-electron chi connectivity index (χ4n) is 2.86. The summed E-state index contributed by atoms with van der Waals surface area (Å²) in [4.78, 5) is 1.04. The second-order valence-corrected chi connectivity index (χ2v) is 7.76. The summed E-state index contributed by atoms with van der Waals surface area (Å²) in [6, 6.07) is 8.43. The van der Waals surface area contributed by atoms with E-state index >= 15 is 0 Å². The summed E-state index contributed by atoms with van der Waals surface area (Å²) in [5.74, 6) is -0.318. The van der Waals surface area contributed by atoms with Crippen LogP contribution < -0.4 is 15.5 Å². The van der Waals surface area contributed by atoms with Crippen molar-refractivity contribution in [2.24, 2.45) is 0 Å². The molecule has 140 valence electrons. The van der Waals surface area contributed by atoms with E-state index in [2.05, 4.69) is 10.6 Å². The summed E-state index contributed by atoms with van der Waals surface area (Å²) in [6.07, 6.45) is 0. The molecule has 26 heavy (non-hydrogen) atoms. The van der Waals surface area contributed by atoms with Crippen molar-refractivity contribution in [1.82, 2.24) is 5.32 Å². The average molecular weight is 415 g/mol. The molecule has 2 aromatic rings. The summed E-state index contributed by atoms with van der Waals surface area (Å²) in [5.41, 5.74) is 3.34. The molecule has 2 rings (SSSR count). The maximum atomic E-state index is 14.3. The third-order valence-corrected chi connectivity index (χ3v) is 5.06. The minimum atomic E-state index is -0.318. The van der Waals surface area contributed by atoms with Crippen molar-refractivity contribution in [2.75, 3.05) is 26.0 Å². The molecule has 1 atom stereocenters. The van der Waals surface area contributed by atoms with E-state index in [-0.39, 0.29) is 11.9 Å². The molecule has 0 bridgehead atoms. The molecule has 0 aliphatic rings. The van der Waals surface area contributed by atoms with Crippen molar-refractivity contribution in [3.05, 3.63) is 62.9 Å². The Hall–Kier alpha value is -1.40. The highest BCUT2D eigenvalue weighted by molar-refractivity contribution is 7.80. The Morgan fingerprint density at radius 1 is 1.19 bits per heavy atom. The van der Waals surface area contributed by atoms with Crippen LogP contribution in [0.15, 0.2) is 30.3 Å². The van der Waals surface area contributed by atoms with Gasteiger partial charge in [-0.3, -0.25) is 0 Å². The van der Waals surface area contributed by atoms with Crippen molar-refractivity contribution >= 4 is 46.2 Å². The maximum Gasteiger partial charge on any atom is 0.171 e. The highest BCUT2D eigenvalue weighted by Gasteiger charge is 2.24. The van der Waals surface area contributed by atoms with Gasteiger partial charge in [-0.15, -0.1) is 0 Å². The van der Waals surface area contributed by atoms with Crippen LogP contribution in [0.3, 0.4) is 0 Å². The van der Waals surface area contributed by atoms with Crippen LogP contribution in [0.1, 0.15) is 22.7 Å². The Labute approximate surface area is 169 Å². The first-order chi connectivity index (χ1) is 12.2. The quantitative estimate of drug-likeness (QED) is 0.647. The van der Waals surface area contributed by atoms with Gasteiger partial charge in [0.25, 0.3) is 0 Å². The summed E-state index contributed by atoms with van der Waals surface area (Å²) >= 11 is 17.9. The first-order valence-corrected chi connectivity index (χ1v) is 9.42. The average Bonchev–Trinajstić information content (AvgIpc) is 2.53. The zero-order valence-corrected chi connectivity index (χ0v) is 17.5. The van der Waals surface area contributed by atoms with Gasteiger partial charge in [-0.1, -0.05) is 35.3 Å². The van der Waals surface area contributed by atoms with Crippen LogP contribution in [0.2, 0.25) is 10.0 Å². The molecule has 0 saturated heterocycles. The van der Waals surface area contributed by atoms with E-state index in [0.717, 1.165) is 21.7 Å². The molecule has 2 aromatic carbocycles. The molecule has 0 spiro atoms. The molecule has 0 fully saturated rings. The molecule has 0 heterocycles. The molecule has 0 saturated carbocycles. The first kappa shape index (κ1) is 20.9. The SMILES string of the molecule is Cc1cc(C)c(NC(=S)NC[C@H](c2c(F)cccc2Cl)[NH+](C)C)c(Cl)c1. The number of quaternary nitrogens is 1. The van der Waals surface area contributed by atoms with Crippen LogP contribution in [0.25, 0.3) is 0 Å². The van der Waals surface area contributed by atoms with Gasteiger partial charge in [0, 0.05) is 0 Å². The van der Waals surface area contributed by atoms with Gasteiger partial charge in [-0.2, -0.15) is 0 Å². The van der Waals surface area contributed by atoms with Gasteiger partial charge in [0.2, 0.25) is 0 Å². The Kier molecular flexibility index (Phi) is 7.24. The van der Waals surface area contributed by atoms with Crippen LogP contribution >= 0.6 is 35.4 Å². The predicted octanol–water partition coefficient (Wildman–Crippen LogP) is 3.92. The monoisotopic (exact) mass is 414 g/mol. The smallest absolute Gasteiger partial charge is 0.171 e. The molecule has 0 aromatic heterocycles. The lowest BCUT2D eigenvalue weighted by Crippen LogP contribution is -3.07. The molecule has 0 aliphatic heterocycles. The minimum Gasteiger partial charge on any atom is -0.356 e. The number of thiocarbonyl (C=S) groups is 1. The van der Waals surface area contributed by atoms with Gasteiger partial charge in [0.15, 0.2) is 5.11 Å². The summed E-state index contributed by atoms with van der Waals surface area (Å²) < 4.78 is 14.3. The minimum absolute atomic E-state index is 0.196. The van der Waals surface area contributed by atoms with Crippen LogP contribution in [0.5, 0.6) is 0 Å². The molecule has 0 radical (unpaired) electrons. The van der Waals surface area contributed by atoms with Crippen molar-refractivity contribution in [3.8, 4) is 0 Å². The Morgan fingerprint density at radius 3 is 2.46 bits per heavy atom. The third-order valence-electron chi connectivity index (χ3n) is 4.18. The fraction of sp³-hybridized carbons (Fsp3) is 0.316. The molecule has 0 amide bonds. The predicted molar refractivity (Wildman–Crippen MR) is 112 cm³/mol. The molecule has 0 unspecified atom stereocenters. The fourth-order valence-corrected chi connectivity index (χ4v) is 3.71. The summed E-state index contributed by atoms with van der Waals surface area (Å²) in [5, 5.41) is 7.73. The van der Waals surface area contributed by atoms with E-state index in [4.69, 9.17) is 35.4 Å². The van der Waals surface area contributed by atoms with Gasteiger partial charge >= 0.3 is 0 Å². The topological polar surface area (TPSA) is 28.5 Å². The summed E-state index contributed by atoms with van der Waals surface area (Å²) in [7, 11) is 3.90. The van der Waals surface area contributed by atoms with Crippen LogP contribution in [0, 0.1) is 19.7 Å². The molecule has 0 aliphatic carbocycles. The standard InChI is InChI=1S/C19H22Cl2FN3S/c1-11-8-12(2)18(14(21)9-11)24-19(26)23-10-16(25(3)4)17-13(20)6-5-7-15(17)22/h5-9,16H,10H2,1-4H3,(H2,23,24,26)/p+1/t16-/m1/s1. The van der Waals surface area contributed by atoms with E-state index in [9.17, 15) is 4.39 Å². The van der Waals surface area contributed by atoms with Crippen molar-refractivity contribution in [3.63, 3.8) is 0 Å². The second kappa shape index (κ2) is 9.00. The third kappa shape index (κ3) is 5.07. The molecule has 3 N–H and O–H groups in total. The lowest BCUT2D eigenvalue weighted by molar-refractivity contribution is -0.890. The van der Waals surface area contributed by atoms with E-state index in [1.54, 1.807) is 12.1 Å². The van der Waals surface area contributed by atoms with Crippen molar-refractivity contribution in [1.29, 1.82) is 0 Å². The molecular weight excluding hydrogens is 392 g/mol. The lowest BCUT2D eigenvalue weighted by Gasteiger charge is -2.24. The number of nitrogens with one attached hydrogen (secondary N) is 3. The van der Waals surface area contributed by atoms with Gasteiger partial charge in [-0.05, 0) is 55.4 Å². The Morgan fingerprint density at radius 2 is 1.88 bits per heavy atom. The van der Waals surface area contributed by atoms with E-state index in [1.165, 1.54) is 6.07 Å². The number of halogens is 3. The van der Waals surface area contributed by atoms with Crippen LogP contribution in [-0.2, 0) is 0 Å². The van der Waals surface area contributed by atoms with Gasteiger partial charge in [0.1, 0.15) is 11.9 Å². The summed E-state index contributed by atoms with van der Waals surface area (Å²) in [6.45, 7) is 4.38. The maximum absolute atomic E-state index is 14.3. The normalized spacial score (nSPS) is 12.2. The highest BCUT2D eigenvalue weighted by Crippen LogP contribution is 2.27. The van der Waals surface area contributed by atoms with Crippen molar-refractivity contribution in [2.45, 2.75) is 19.9 Å². The largest absolute Gasteiger partial charge is 0.356 e. The second-order valence-electron chi connectivity index (χ2n) is 6.54. The number of aryl methyl sites for hydroxylation is 2. The van der Waals surface area contributed by atoms with Gasteiger partial charge in [-0.25, -0.2) is 4.39 Å².